The molecular weight excluding hydrogens is 428 g/mol. The minimum absolute atomic E-state index is 0.0224. The van der Waals surface area contributed by atoms with Crippen molar-refractivity contribution in [1.29, 1.82) is 0 Å². The van der Waals surface area contributed by atoms with E-state index in [2.05, 4.69) is 10.3 Å². The van der Waals surface area contributed by atoms with Crippen LogP contribution in [-0.2, 0) is 14.8 Å². The maximum atomic E-state index is 12.8. The molecule has 2 aliphatic carbocycles. The van der Waals surface area contributed by atoms with E-state index in [0.717, 1.165) is 5.56 Å². The Balaban J connectivity index is 1.32. The van der Waals surface area contributed by atoms with Crippen molar-refractivity contribution in [2.75, 3.05) is 0 Å². The largest absolute Gasteiger partial charge is 0.289 e. The van der Waals surface area contributed by atoms with Crippen LogP contribution >= 0.6 is 0 Å². The summed E-state index contributed by atoms with van der Waals surface area (Å²) in [6.07, 6.45) is 0.645. The van der Waals surface area contributed by atoms with E-state index in [1.54, 1.807) is 18.2 Å². The summed E-state index contributed by atoms with van der Waals surface area (Å²) in [7, 11) is -4.14. The number of fused-ring (bicyclic) bond motifs is 2. The van der Waals surface area contributed by atoms with Crippen molar-refractivity contribution in [1.82, 2.24) is 10.3 Å². The lowest BCUT2D eigenvalue weighted by molar-refractivity contribution is -0.122. The maximum absolute atomic E-state index is 12.8. The molecule has 5 rings (SSSR count). The van der Waals surface area contributed by atoms with Crippen LogP contribution in [-0.4, -0.2) is 25.9 Å². The second-order valence-corrected chi connectivity index (χ2v) is 9.55. The van der Waals surface area contributed by atoms with Crippen LogP contribution in [0.2, 0.25) is 0 Å². The summed E-state index contributed by atoms with van der Waals surface area (Å²) in [5.74, 6) is -1.41. The summed E-state index contributed by atoms with van der Waals surface area (Å²) in [6, 6.07) is 19.7. The van der Waals surface area contributed by atoms with Crippen LogP contribution in [0.15, 0.2) is 77.7 Å². The van der Waals surface area contributed by atoms with Crippen molar-refractivity contribution in [3.63, 3.8) is 0 Å². The summed E-state index contributed by atoms with van der Waals surface area (Å²) in [5, 5.41) is 0. The van der Waals surface area contributed by atoms with E-state index >= 15 is 0 Å². The van der Waals surface area contributed by atoms with Gasteiger partial charge in [-0.25, -0.2) is 8.42 Å². The van der Waals surface area contributed by atoms with Gasteiger partial charge in [0.15, 0.2) is 11.6 Å². The van der Waals surface area contributed by atoms with Crippen LogP contribution in [0.3, 0.4) is 0 Å². The Labute approximate surface area is 184 Å². The molecule has 7 nitrogen and oxygen atoms in total. The van der Waals surface area contributed by atoms with E-state index in [1.165, 1.54) is 24.3 Å². The first kappa shape index (κ1) is 20.3. The third-order valence-electron chi connectivity index (χ3n) is 5.87. The molecule has 0 aromatic heterocycles. The molecule has 3 aromatic rings. The fraction of sp³-hybridized carbons (Fsp3) is 0.125. The average molecular weight is 446 g/mol. The van der Waals surface area contributed by atoms with Crippen LogP contribution < -0.4 is 10.3 Å². The van der Waals surface area contributed by atoms with E-state index in [-0.39, 0.29) is 39.2 Å². The first-order valence-corrected chi connectivity index (χ1v) is 11.5. The molecule has 0 aliphatic heterocycles. The number of carbonyl (C=O) groups excluding carboxylic acids is 3. The highest BCUT2D eigenvalue weighted by Gasteiger charge is 2.44. The first-order chi connectivity index (χ1) is 15.4. The lowest BCUT2D eigenvalue weighted by Gasteiger charge is -2.18. The van der Waals surface area contributed by atoms with Crippen molar-refractivity contribution >= 4 is 27.5 Å². The van der Waals surface area contributed by atoms with Gasteiger partial charge in [-0.2, -0.15) is 0 Å². The number of benzene rings is 3. The van der Waals surface area contributed by atoms with Crippen molar-refractivity contribution in [3.8, 4) is 0 Å². The Morgan fingerprint density at radius 1 is 0.781 bits per heavy atom. The van der Waals surface area contributed by atoms with Gasteiger partial charge in [0.25, 0.3) is 10.0 Å². The third-order valence-corrected chi connectivity index (χ3v) is 7.12. The zero-order valence-electron chi connectivity index (χ0n) is 16.7. The van der Waals surface area contributed by atoms with Crippen LogP contribution in [0.5, 0.6) is 0 Å². The van der Waals surface area contributed by atoms with E-state index in [1.807, 2.05) is 30.3 Å². The molecule has 1 amide bonds. The molecule has 2 aliphatic rings. The fourth-order valence-electron chi connectivity index (χ4n) is 4.07. The number of hydrogen-bond donors (Lipinski definition) is 2. The van der Waals surface area contributed by atoms with Crippen molar-refractivity contribution in [3.05, 3.63) is 101 Å². The van der Waals surface area contributed by atoms with E-state index in [9.17, 15) is 22.8 Å². The Hall–Kier alpha value is -3.62. The molecule has 160 valence electrons. The Kier molecular flexibility index (Phi) is 4.76. The molecule has 0 saturated heterocycles. The number of rotatable bonds is 5. The number of hydrogen-bond acceptors (Lipinski definition) is 5. The Bertz CT molecular complexity index is 1380. The minimum atomic E-state index is -4.14. The fourth-order valence-corrected chi connectivity index (χ4v) is 4.94. The van der Waals surface area contributed by atoms with Crippen LogP contribution in [0.1, 0.15) is 49.7 Å². The molecule has 3 aromatic carbocycles. The maximum Gasteiger partial charge on any atom is 0.257 e. The van der Waals surface area contributed by atoms with Crippen molar-refractivity contribution in [2.45, 2.75) is 17.2 Å². The molecule has 2 atom stereocenters. The zero-order chi connectivity index (χ0) is 22.5. The highest BCUT2D eigenvalue weighted by atomic mass is 32.2. The number of hydrazine groups is 1. The predicted molar refractivity (Wildman–Crippen MR) is 116 cm³/mol. The van der Waals surface area contributed by atoms with Gasteiger partial charge in [-0.1, -0.05) is 54.6 Å². The minimum Gasteiger partial charge on any atom is -0.289 e. The van der Waals surface area contributed by atoms with Crippen LogP contribution in [0.25, 0.3) is 0 Å². The summed E-state index contributed by atoms with van der Waals surface area (Å²) in [6.45, 7) is 0. The van der Waals surface area contributed by atoms with Gasteiger partial charge in [0.1, 0.15) is 0 Å². The van der Waals surface area contributed by atoms with Gasteiger partial charge in [-0.05, 0) is 36.1 Å². The Morgan fingerprint density at radius 3 is 2.06 bits per heavy atom. The second kappa shape index (κ2) is 7.51. The SMILES string of the molecule is O=C1c2ccccc2C(=O)c2cc(S(=O)(=O)NNC(=O)[C@@H]3C[C@@H]3c3ccccc3)ccc21. The smallest absolute Gasteiger partial charge is 0.257 e. The number of nitrogens with one attached hydrogen (secondary N) is 2. The normalized spacial score (nSPS) is 19.1. The molecule has 1 fully saturated rings. The van der Waals surface area contributed by atoms with Gasteiger partial charge in [0.05, 0.1) is 4.90 Å². The molecule has 0 heterocycles. The Morgan fingerprint density at radius 2 is 1.38 bits per heavy atom. The predicted octanol–water partition coefficient (Wildman–Crippen LogP) is 2.58. The summed E-state index contributed by atoms with van der Waals surface area (Å²) in [4.78, 5) is 39.8. The lowest BCUT2D eigenvalue weighted by atomic mass is 9.84. The van der Waals surface area contributed by atoms with Gasteiger partial charge in [-0.15, -0.1) is 4.83 Å². The molecule has 0 bridgehead atoms. The molecule has 0 unspecified atom stereocenters. The molecule has 2 N–H and O–H groups in total. The highest BCUT2D eigenvalue weighted by Crippen LogP contribution is 2.47. The van der Waals surface area contributed by atoms with E-state index < -0.39 is 21.7 Å². The molecule has 0 spiro atoms. The van der Waals surface area contributed by atoms with Gasteiger partial charge in [0.2, 0.25) is 5.91 Å². The van der Waals surface area contributed by atoms with Gasteiger partial charge in [0, 0.05) is 28.2 Å². The standard InChI is InChI=1S/C24H18N2O5S/c27-22-16-8-4-5-9-17(16)23(28)20-12-15(10-11-18(20)22)32(30,31)26-25-24(29)21-13-19(21)14-6-2-1-3-7-14/h1-12,19,21,26H,13H2,(H,25,29)/t19-,21-/m1/s1. The molecule has 1 saturated carbocycles. The summed E-state index contributed by atoms with van der Waals surface area (Å²) < 4.78 is 25.5. The number of ketones is 2. The lowest BCUT2D eigenvalue weighted by Crippen LogP contribution is -2.42. The van der Waals surface area contributed by atoms with Gasteiger partial charge >= 0.3 is 0 Å². The second-order valence-electron chi connectivity index (χ2n) is 7.87. The van der Waals surface area contributed by atoms with Crippen LogP contribution in [0.4, 0.5) is 0 Å². The van der Waals surface area contributed by atoms with E-state index in [4.69, 9.17) is 0 Å². The van der Waals surface area contributed by atoms with Gasteiger partial charge in [-0.3, -0.25) is 19.8 Å². The molecule has 8 heteroatoms. The van der Waals surface area contributed by atoms with Crippen LogP contribution in [0, 0.1) is 5.92 Å². The first-order valence-electron chi connectivity index (χ1n) is 10.1. The number of amides is 1. The van der Waals surface area contributed by atoms with E-state index in [0.29, 0.717) is 12.0 Å². The quantitative estimate of drug-likeness (QED) is 0.458. The number of carbonyl (C=O) groups is 3. The average Bonchev–Trinajstić information content (AvgIpc) is 3.62. The monoisotopic (exact) mass is 446 g/mol. The summed E-state index contributed by atoms with van der Waals surface area (Å²) in [5.41, 5.74) is 4.01. The van der Waals surface area contributed by atoms with Crippen molar-refractivity contribution < 1.29 is 22.8 Å². The highest BCUT2D eigenvalue weighted by molar-refractivity contribution is 7.89. The zero-order valence-corrected chi connectivity index (χ0v) is 17.6. The molecule has 0 radical (unpaired) electrons. The topological polar surface area (TPSA) is 109 Å². The third kappa shape index (κ3) is 3.43. The van der Waals surface area contributed by atoms with Gasteiger partial charge < -0.3 is 0 Å². The number of sulfonamides is 1. The van der Waals surface area contributed by atoms with Crippen molar-refractivity contribution in [2.24, 2.45) is 5.92 Å². The molecule has 32 heavy (non-hydrogen) atoms. The molecular formula is C24H18N2O5S. The summed E-state index contributed by atoms with van der Waals surface area (Å²) >= 11 is 0.